The van der Waals surface area contributed by atoms with Crippen molar-refractivity contribution in [3.8, 4) is 0 Å². The van der Waals surface area contributed by atoms with Crippen molar-refractivity contribution >= 4 is 29.1 Å². The van der Waals surface area contributed by atoms with Gasteiger partial charge in [-0.3, -0.25) is 14.4 Å². The lowest BCUT2D eigenvalue weighted by Crippen LogP contribution is -2.33. The van der Waals surface area contributed by atoms with Gasteiger partial charge < -0.3 is 15.4 Å². The summed E-state index contributed by atoms with van der Waals surface area (Å²) in [6.07, 6.45) is -0.0159. The van der Waals surface area contributed by atoms with Gasteiger partial charge in [0.1, 0.15) is 0 Å². The van der Waals surface area contributed by atoms with Crippen molar-refractivity contribution in [3.63, 3.8) is 0 Å². The van der Waals surface area contributed by atoms with E-state index < -0.39 is 5.97 Å². The van der Waals surface area contributed by atoms with E-state index in [2.05, 4.69) is 10.6 Å². The predicted molar refractivity (Wildman–Crippen MR) is 120 cm³/mol. The van der Waals surface area contributed by atoms with E-state index >= 15 is 0 Å². The lowest BCUT2D eigenvalue weighted by Gasteiger charge is -2.18. The molecule has 3 rings (SSSR count). The number of hydrogen-bond acceptors (Lipinski definition) is 5. The van der Waals surface area contributed by atoms with E-state index in [0.29, 0.717) is 5.56 Å². The summed E-state index contributed by atoms with van der Waals surface area (Å²) in [4.78, 5) is 37.5. The van der Waals surface area contributed by atoms with Crippen molar-refractivity contribution in [1.29, 1.82) is 0 Å². The first-order valence-electron chi connectivity index (χ1n) is 9.92. The molecular weight excluding hydrogens is 412 g/mol. The molecule has 1 aromatic heterocycles. The van der Waals surface area contributed by atoms with Gasteiger partial charge in [-0.25, -0.2) is 0 Å². The van der Waals surface area contributed by atoms with Crippen LogP contribution in [0.2, 0.25) is 0 Å². The Hall–Kier alpha value is -3.45. The number of hydrogen-bond donors (Lipinski definition) is 2. The zero-order valence-corrected chi connectivity index (χ0v) is 18.0. The molecule has 0 saturated heterocycles. The predicted octanol–water partition coefficient (Wildman–Crippen LogP) is 3.63. The molecule has 1 unspecified atom stereocenters. The second kappa shape index (κ2) is 11.1. The van der Waals surface area contributed by atoms with E-state index in [1.54, 1.807) is 23.5 Å². The number of nitrogens with one attached hydrogen (secondary N) is 2. The Balaban J connectivity index is 1.45. The highest BCUT2D eigenvalue weighted by Gasteiger charge is 2.18. The molecule has 6 nitrogen and oxygen atoms in total. The van der Waals surface area contributed by atoms with E-state index in [1.807, 2.05) is 66.9 Å². The van der Waals surface area contributed by atoms with Gasteiger partial charge in [0.2, 0.25) is 0 Å². The highest BCUT2D eigenvalue weighted by atomic mass is 32.1. The summed E-state index contributed by atoms with van der Waals surface area (Å²) in [5.41, 5.74) is 2.37. The molecular formula is C24H24N2O4S. The second-order valence-electron chi connectivity index (χ2n) is 6.91. The fourth-order valence-corrected chi connectivity index (χ4v) is 3.84. The molecule has 1 atom stereocenters. The lowest BCUT2D eigenvalue weighted by atomic mass is 10.1. The standard InChI is InChI=1S/C24H24N2O4S/c1-17-8-5-6-11-19(17)24(29)25-14-13-22(28)30-16-21(27)26-23(20-12-7-15-31-20)18-9-3-2-4-10-18/h2-12,15,23H,13-14,16H2,1H3,(H,25,29)(H,26,27). The van der Waals surface area contributed by atoms with Gasteiger partial charge in [-0.1, -0.05) is 54.6 Å². The van der Waals surface area contributed by atoms with Crippen LogP contribution in [-0.4, -0.2) is 30.9 Å². The van der Waals surface area contributed by atoms with Crippen LogP contribution in [0.4, 0.5) is 0 Å². The third kappa shape index (κ3) is 6.52. The van der Waals surface area contributed by atoms with Gasteiger partial charge in [-0.05, 0) is 35.6 Å². The fourth-order valence-electron chi connectivity index (χ4n) is 3.04. The monoisotopic (exact) mass is 436 g/mol. The van der Waals surface area contributed by atoms with Crippen LogP contribution in [0.1, 0.15) is 38.8 Å². The van der Waals surface area contributed by atoms with Crippen molar-refractivity contribution in [1.82, 2.24) is 10.6 Å². The average Bonchev–Trinajstić information content (AvgIpc) is 3.31. The molecule has 0 spiro atoms. The van der Waals surface area contributed by atoms with Crippen molar-refractivity contribution in [3.05, 3.63) is 93.7 Å². The number of aryl methyl sites for hydroxylation is 1. The minimum absolute atomic E-state index is 0.0159. The lowest BCUT2D eigenvalue weighted by molar-refractivity contribution is -0.148. The van der Waals surface area contributed by atoms with Crippen molar-refractivity contribution < 1.29 is 19.1 Å². The maximum atomic E-state index is 12.4. The quantitative estimate of drug-likeness (QED) is 0.502. The molecule has 0 fully saturated rings. The van der Waals surface area contributed by atoms with Crippen LogP contribution in [0.15, 0.2) is 72.1 Å². The summed E-state index contributed by atoms with van der Waals surface area (Å²) in [7, 11) is 0. The molecule has 0 aliphatic heterocycles. The normalized spacial score (nSPS) is 11.4. The molecule has 0 aliphatic rings. The van der Waals surface area contributed by atoms with Gasteiger partial charge in [0.05, 0.1) is 12.5 Å². The summed E-state index contributed by atoms with van der Waals surface area (Å²) in [6.45, 7) is 1.61. The van der Waals surface area contributed by atoms with E-state index in [4.69, 9.17) is 4.74 Å². The largest absolute Gasteiger partial charge is 0.456 e. The van der Waals surface area contributed by atoms with Gasteiger partial charge in [0, 0.05) is 17.0 Å². The molecule has 1 heterocycles. The number of carbonyl (C=O) groups excluding carboxylic acids is 3. The SMILES string of the molecule is Cc1ccccc1C(=O)NCCC(=O)OCC(=O)NC(c1ccccc1)c1cccs1. The van der Waals surface area contributed by atoms with E-state index in [9.17, 15) is 14.4 Å². The zero-order valence-electron chi connectivity index (χ0n) is 17.2. The van der Waals surface area contributed by atoms with Crippen molar-refractivity contribution in [2.24, 2.45) is 0 Å². The average molecular weight is 437 g/mol. The Morgan fingerprint density at radius 2 is 1.71 bits per heavy atom. The molecule has 2 aromatic carbocycles. The van der Waals surface area contributed by atoms with E-state index in [1.165, 1.54) is 0 Å². The Morgan fingerprint density at radius 1 is 0.968 bits per heavy atom. The molecule has 3 aromatic rings. The Morgan fingerprint density at radius 3 is 2.42 bits per heavy atom. The molecule has 2 amide bonds. The van der Waals surface area contributed by atoms with Crippen LogP contribution >= 0.6 is 11.3 Å². The van der Waals surface area contributed by atoms with Crippen molar-refractivity contribution in [2.45, 2.75) is 19.4 Å². The first kappa shape index (κ1) is 22.2. The Labute approximate surface area is 185 Å². The highest BCUT2D eigenvalue weighted by Crippen LogP contribution is 2.25. The highest BCUT2D eigenvalue weighted by molar-refractivity contribution is 7.10. The molecule has 0 bridgehead atoms. The Kier molecular flexibility index (Phi) is 7.95. The molecule has 0 aliphatic carbocycles. The topological polar surface area (TPSA) is 84.5 Å². The van der Waals surface area contributed by atoms with Crippen LogP contribution < -0.4 is 10.6 Å². The zero-order chi connectivity index (χ0) is 22.1. The number of amides is 2. The van der Waals surface area contributed by atoms with Gasteiger partial charge >= 0.3 is 5.97 Å². The first-order valence-corrected chi connectivity index (χ1v) is 10.8. The fraction of sp³-hybridized carbons (Fsp3) is 0.208. The van der Waals surface area contributed by atoms with Crippen LogP contribution in [-0.2, 0) is 14.3 Å². The molecule has 0 radical (unpaired) electrons. The smallest absolute Gasteiger partial charge is 0.308 e. The third-order valence-electron chi connectivity index (χ3n) is 4.63. The molecule has 160 valence electrons. The number of thiophene rings is 1. The number of benzene rings is 2. The Bertz CT molecular complexity index is 1020. The van der Waals surface area contributed by atoms with Crippen molar-refractivity contribution in [2.75, 3.05) is 13.2 Å². The first-order chi connectivity index (χ1) is 15.0. The molecule has 2 N–H and O–H groups in total. The van der Waals surface area contributed by atoms with Crippen LogP contribution in [0.25, 0.3) is 0 Å². The second-order valence-corrected chi connectivity index (χ2v) is 7.89. The van der Waals surface area contributed by atoms with Crippen LogP contribution in [0.5, 0.6) is 0 Å². The van der Waals surface area contributed by atoms with Crippen LogP contribution in [0, 0.1) is 6.92 Å². The van der Waals surface area contributed by atoms with Crippen LogP contribution in [0.3, 0.4) is 0 Å². The summed E-state index contributed by atoms with van der Waals surface area (Å²) < 4.78 is 5.07. The number of rotatable bonds is 9. The minimum Gasteiger partial charge on any atom is -0.456 e. The van der Waals surface area contributed by atoms with Gasteiger partial charge in [0.15, 0.2) is 6.61 Å². The van der Waals surface area contributed by atoms with E-state index in [-0.39, 0.29) is 37.4 Å². The van der Waals surface area contributed by atoms with Gasteiger partial charge in [-0.2, -0.15) is 0 Å². The van der Waals surface area contributed by atoms with Gasteiger partial charge in [0.25, 0.3) is 11.8 Å². The molecule has 7 heteroatoms. The number of ether oxygens (including phenoxy) is 1. The summed E-state index contributed by atoms with van der Waals surface area (Å²) in [6, 6.07) is 20.4. The maximum Gasteiger partial charge on any atom is 0.308 e. The summed E-state index contributed by atoms with van der Waals surface area (Å²) in [5, 5.41) is 7.56. The molecule has 0 saturated carbocycles. The number of carbonyl (C=O) groups is 3. The maximum absolute atomic E-state index is 12.4. The molecule has 31 heavy (non-hydrogen) atoms. The number of esters is 1. The van der Waals surface area contributed by atoms with Gasteiger partial charge in [-0.15, -0.1) is 11.3 Å². The van der Waals surface area contributed by atoms with E-state index in [0.717, 1.165) is 16.0 Å². The summed E-state index contributed by atoms with van der Waals surface area (Å²) >= 11 is 1.54. The minimum atomic E-state index is -0.549. The summed E-state index contributed by atoms with van der Waals surface area (Å²) in [5.74, 6) is -1.18. The third-order valence-corrected chi connectivity index (χ3v) is 5.57.